The summed E-state index contributed by atoms with van der Waals surface area (Å²) in [5, 5.41) is 12.4. The molecule has 0 aliphatic carbocycles. The number of amides is 1. The van der Waals surface area contributed by atoms with Gasteiger partial charge >= 0.3 is 0 Å². The molecule has 0 bridgehead atoms. The van der Waals surface area contributed by atoms with Gasteiger partial charge in [0.2, 0.25) is 0 Å². The number of aryl methyl sites for hydroxylation is 1. The third-order valence-corrected chi connectivity index (χ3v) is 5.07. The second kappa shape index (κ2) is 7.49. The van der Waals surface area contributed by atoms with Gasteiger partial charge in [0.05, 0.1) is 10.6 Å². The molecule has 0 saturated carbocycles. The highest BCUT2D eigenvalue weighted by molar-refractivity contribution is 7.84. The van der Waals surface area contributed by atoms with Crippen LogP contribution in [0.25, 0.3) is 11.3 Å². The molecule has 7 heteroatoms. The van der Waals surface area contributed by atoms with Crippen LogP contribution in [-0.2, 0) is 4.79 Å². The largest absolute Gasteiger partial charge is 0.457 e. The SMILES string of the molecule is Cc1cccc(N2C(S)=C(C#N)C(=O)NC2c2ccc(-c3ccccc3F)o2)c1. The summed E-state index contributed by atoms with van der Waals surface area (Å²) in [5.41, 5.74) is 1.97. The molecule has 0 saturated heterocycles. The number of nitriles is 1. The molecule has 2 aromatic carbocycles. The number of carbonyl (C=O) groups excluding carboxylic acids is 1. The number of hydrogen-bond donors (Lipinski definition) is 2. The van der Waals surface area contributed by atoms with Gasteiger partial charge in [-0.3, -0.25) is 4.79 Å². The molecule has 29 heavy (non-hydrogen) atoms. The summed E-state index contributed by atoms with van der Waals surface area (Å²) < 4.78 is 20.0. The summed E-state index contributed by atoms with van der Waals surface area (Å²) in [6.07, 6.45) is -0.741. The van der Waals surface area contributed by atoms with Crippen LogP contribution in [-0.4, -0.2) is 5.91 Å². The van der Waals surface area contributed by atoms with Crippen molar-refractivity contribution in [1.29, 1.82) is 5.26 Å². The van der Waals surface area contributed by atoms with Crippen LogP contribution >= 0.6 is 12.6 Å². The number of thiol groups is 1. The van der Waals surface area contributed by atoms with E-state index in [0.717, 1.165) is 11.3 Å². The van der Waals surface area contributed by atoms with Gasteiger partial charge in [0, 0.05) is 5.69 Å². The van der Waals surface area contributed by atoms with Crippen molar-refractivity contribution in [3.8, 4) is 17.4 Å². The molecule has 4 rings (SSSR count). The van der Waals surface area contributed by atoms with E-state index in [0.29, 0.717) is 17.1 Å². The van der Waals surface area contributed by atoms with E-state index < -0.39 is 17.9 Å². The zero-order valence-corrected chi connectivity index (χ0v) is 16.3. The van der Waals surface area contributed by atoms with Gasteiger partial charge in [-0.15, -0.1) is 12.6 Å². The summed E-state index contributed by atoms with van der Waals surface area (Å²) in [6.45, 7) is 1.94. The lowest BCUT2D eigenvalue weighted by Crippen LogP contribution is -2.45. The fourth-order valence-corrected chi connectivity index (χ4v) is 3.64. The molecular formula is C22H16FN3O2S. The number of hydrogen-bond acceptors (Lipinski definition) is 5. The summed E-state index contributed by atoms with van der Waals surface area (Å²) >= 11 is 4.46. The quantitative estimate of drug-likeness (QED) is 0.620. The van der Waals surface area contributed by atoms with E-state index in [2.05, 4.69) is 17.9 Å². The van der Waals surface area contributed by atoms with Gasteiger partial charge in [-0.1, -0.05) is 24.3 Å². The second-order valence-electron chi connectivity index (χ2n) is 6.58. The minimum Gasteiger partial charge on any atom is -0.457 e. The summed E-state index contributed by atoms with van der Waals surface area (Å²) in [4.78, 5) is 14.1. The van der Waals surface area contributed by atoms with Crippen molar-refractivity contribution in [1.82, 2.24) is 5.32 Å². The molecular weight excluding hydrogens is 389 g/mol. The molecule has 0 radical (unpaired) electrons. The molecule has 144 valence electrons. The van der Waals surface area contributed by atoms with E-state index in [1.807, 2.05) is 37.3 Å². The van der Waals surface area contributed by atoms with Gasteiger partial charge in [-0.25, -0.2) is 4.39 Å². The van der Waals surface area contributed by atoms with Gasteiger partial charge in [-0.2, -0.15) is 5.26 Å². The predicted molar refractivity (Wildman–Crippen MR) is 110 cm³/mol. The molecule has 3 aromatic rings. The first-order valence-corrected chi connectivity index (χ1v) is 9.29. The Labute approximate surface area is 172 Å². The van der Waals surface area contributed by atoms with Crippen LogP contribution in [0.5, 0.6) is 0 Å². The van der Waals surface area contributed by atoms with Gasteiger partial charge in [0.15, 0.2) is 6.17 Å². The van der Waals surface area contributed by atoms with E-state index in [1.165, 1.54) is 6.07 Å². The molecule has 1 aliphatic heterocycles. The Bertz CT molecular complexity index is 1180. The average molecular weight is 405 g/mol. The number of carbonyl (C=O) groups is 1. The maximum absolute atomic E-state index is 14.1. The Morgan fingerprint density at radius 3 is 2.69 bits per heavy atom. The van der Waals surface area contributed by atoms with Crippen molar-refractivity contribution in [3.63, 3.8) is 0 Å². The fourth-order valence-electron chi connectivity index (χ4n) is 3.26. The van der Waals surface area contributed by atoms with Crippen LogP contribution in [0.15, 0.2) is 75.7 Å². The number of rotatable bonds is 3. The van der Waals surface area contributed by atoms with Gasteiger partial charge in [0.1, 0.15) is 29.0 Å². The van der Waals surface area contributed by atoms with E-state index in [1.54, 1.807) is 35.2 Å². The highest BCUT2D eigenvalue weighted by Crippen LogP contribution is 2.37. The van der Waals surface area contributed by atoms with E-state index in [9.17, 15) is 14.4 Å². The Morgan fingerprint density at radius 1 is 1.17 bits per heavy atom. The average Bonchev–Trinajstić information content (AvgIpc) is 3.18. The highest BCUT2D eigenvalue weighted by Gasteiger charge is 2.36. The molecule has 1 aliphatic rings. The lowest BCUT2D eigenvalue weighted by atomic mass is 10.1. The number of benzene rings is 2. The predicted octanol–water partition coefficient (Wildman–Crippen LogP) is 4.69. The van der Waals surface area contributed by atoms with Crippen molar-refractivity contribution >= 4 is 24.2 Å². The van der Waals surface area contributed by atoms with E-state index >= 15 is 0 Å². The lowest BCUT2D eigenvalue weighted by molar-refractivity contribution is -0.118. The van der Waals surface area contributed by atoms with Gasteiger partial charge < -0.3 is 14.6 Å². The standard InChI is InChI=1S/C22H16FN3O2S/c1-13-5-4-6-14(11-13)26-20(25-21(27)16(12-24)22(26)29)19-10-9-18(28-19)15-7-2-3-8-17(15)23/h2-11,20,29H,1H3,(H,25,27). The van der Waals surface area contributed by atoms with Crippen molar-refractivity contribution in [2.45, 2.75) is 13.1 Å². The number of nitrogens with one attached hydrogen (secondary N) is 1. The zero-order chi connectivity index (χ0) is 20.5. The number of anilines is 1. The van der Waals surface area contributed by atoms with Crippen LogP contribution < -0.4 is 10.2 Å². The second-order valence-corrected chi connectivity index (χ2v) is 7.00. The Hall–Kier alpha value is -3.50. The number of furan rings is 1. The van der Waals surface area contributed by atoms with Crippen LogP contribution in [0.1, 0.15) is 17.5 Å². The molecule has 5 nitrogen and oxygen atoms in total. The maximum Gasteiger partial charge on any atom is 0.266 e. The first-order chi connectivity index (χ1) is 14.0. The third kappa shape index (κ3) is 3.39. The Kier molecular flexibility index (Phi) is 4.87. The van der Waals surface area contributed by atoms with Crippen LogP contribution in [0.4, 0.5) is 10.1 Å². The third-order valence-electron chi connectivity index (χ3n) is 4.63. The first-order valence-electron chi connectivity index (χ1n) is 8.84. The highest BCUT2D eigenvalue weighted by atomic mass is 32.1. The normalized spacial score (nSPS) is 16.6. The monoisotopic (exact) mass is 405 g/mol. The minimum atomic E-state index is -0.741. The van der Waals surface area contributed by atoms with Crippen molar-refractivity contribution < 1.29 is 13.6 Å². The first kappa shape index (κ1) is 18.8. The molecule has 1 amide bonds. The van der Waals surface area contributed by atoms with E-state index in [-0.39, 0.29) is 10.6 Å². The smallest absolute Gasteiger partial charge is 0.266 e. The van der Waals surface area contributed by atoms with Crippen molar-refractivity contribution in [2.75, 3.05) is 4.90 Å². The molecule has 0 fully saturated rings. The minimum absolute atomic E-state index is 0.0908. The number of nitrogens with zero attached hydrogens (tertiary/aromatic N) is 2. The topological polar surface area (TPSA) is 69.3 Å². The summed E-state index contributed by atoms with van der Waals surface area (Å²) in [7, 11) is 0. The summed E-state index contributed by atoms with van der Waals surface area (Å²) in [6, 6.07) is 19.1. The molecule has 1 N–H and O–H groups in total. The molecule has 1 unspecified atom stereocenters. The van der Waals surface area contributed by atoms with Crippen molar-refractivity contribution in [3.05, 3.63) is 88.4 Å². The van der Waals surface area contributed by atoms with Crippen molar-refractivity contribution in [2.24, 2.45) is 0 Å². The van der Waals surface area contributed by atoms with Crippen LogP contribution in [0.3, 0.4) is 0 Å². The fraction of sp³-hybridized carbons (Fsp3) is 0.0909. The molecule has 1 atom stereocenters. The Balaban J connectivity index is 1.82. The van der Waals surface area contributed by atoms with Crippen LogP contribution in [0.2, 0.25) is 0 Å². The Morgan fingerprint density at radius 2 is 1.97 bits per heavy atom. The molecule has 0 spiro atoms. The van der Waals surface area contributed by atoms with Gasteiger partial charge in [-0.05, 0) is 48.9 Å². The lowest BCUT2D eigenvalue weighted by Gasteiger charge is -2.36. The maximum atomic E-state index is 14.1. The number of halogens is 1. The summed E-state index contributed by atoms with van der Waals surface area (Å²) in [5.74, 6) is -0.220. The zero-order valence-electron chi connectivity index (χ0n) is 15.4. The van der Waals surface area contributed by atoms with Gasteiger partial charge in [0.25, 0.3) is 5.91 Å². The molecule has 1 aromatic heterocycles. The van der Waals surface area contributed by atoms with E-state index in [4.69, 9.17) is 4.42 Å². The molecule has 2 heterocycles. The van der Waals surface area contributed by atoms with Crippen LogP contribution in [0, 0.1) is 24.1 Å².